The fourth-order valence-electron chi connectivity index (χ4n) is 3.37. The van der Waals surface area contributed by atoms with Gasteiger partial charge < -0.3 is 10.1 Å². The second-order valence-electron chi connectivity index (χ2n) is 5.75. The maximum absolute atomic E-state index is 5.83. The van der Waals surface area contributed by atoms with E-state index in [2.05, 4.69) is 48.3 Å². The van der Waals surface area contributed by atoms with Crippen LogP contribution in [0, 0.1) is 0 Å². The molecule has 0 bridgehead atoms. The molecule has 0 aliphatic carbocycles. The molecule has 3 rings (SSSR count). The number of hydrogen-bond donors (Lipinski definition) is 1. The molecule has 0 aromatic heterocycles. The van der Waals surface area contributed by atoms with Crippen LogP contribution in [0.4, 0.5) is 0 Å². The molecule has 1 aromatic carbocycles. The third-order valence-electron chi connectivity index (χ3n) is 4.45. The van der Waals surface area contributed by atoms with E-state index >= 15 is 0 Å². The molecule has 0 spiro atoms. The smallest absolute Gasteiger partial charge is 0.0675 e. The predicted molar refractivity (Wildman–Crippen MR) is 77.1 cm³/mol. The number of morpholine rings is 1. The summed E-state index contributed by atoms with van der Waals surface area (Å²) in [7, 11) is 0. The van der Waals surface area contributed by atoms with Gasteiger partial charge >= 0.3 is 0 Å². The summed E-state index contributed by atoms with van der Waals surface area (Å²) in [6.45, 7) is 8.42. The average Bonchev–Trinajstić information content (AvgIpc) is 2.46. The molecule has 1 aromatic rings. The SMILES string of the molecule is CCC1COC(C)CN1C1CNCc2ccccc21. The molecule has 0 saturated carbocycles. The summed E-state index contributed by atoms with van der Waals surface area (Å²) in [5.74, 6) is 0. The van der Waals surface area contributed by atoms with E-state index in [1.54, 1.807) is 0 Å². The molecule has 0 amide bonds. The Balaban J connectivity index is 1.88. The van der Waals surface area contributed by atoms with E-state index < -0.39 is 0 Å². The molecule has 3 atom stereocenters. The van der Waals surface area contributed by atoms with Gasteiger partial charge in [0.25, 0.3) is 0 Å². The standard InChI is InChI=1S/C16H24N2O/c1-3-14-11-19-12(2)10-18(14)16-9-17-8-13-6-4-5-7-15(13)16/h4-7,12,14,16-17H,3,8-11H2,1-2H3. The van der Waals surface area contributed by atoms with Crippen LogP contribution in [0.5, 0.6) is 0 Å². The summed E-state index contributed by atoms with van der Waals surface area (Å²) in [6, 6.07) is 9.91. The quantitative estimate of drug-likeness (QED) is 0.883. The molecule has 2 heterocycles. The first-order valence-corrected chi connectivity index (χ1v) is 7.45. The van der Waals surface area contributed by atoms with Crippen LogP contribution in [-0.4, -0.2) is 36.7 Å². The Morgan fingerprint density at radius 1 is 1.37 bits per heavy atom. The second kappa shape index (κ2) is 5.61. The lowest BCUT2D eigenvalue weighted by molar-refractivity contribution is -0.0739. The van der Waals surface area contributed by atoms with Crippen LogP contribution in [0.1, 0.15) is 37.4 Å². The Labute approximate surface area is 115 Å². The van der Waals surface area contributed by atoms with Gasteiger partial charge in [0.15, 0.2) is 0 Å². The number of benzene rings is 1. The molecule has 3 nitrogen and oxygen atoms in total. The summed E-state index contributed by atoms with van der Waals surface area (Å²) >= 11 is 0. The van der Waals surface area contributed by atoms with E-state index in [9.17, 15) is 0 Å². The normalized spacial score (nSPS) is 32.0. The molecule has 2 aliphatic heterocycles. The summed E-state index contributed by atoms with van der Waals surface area (Å²) in [5, 5.41) is 3.57. The van der Waals surface area contributed by atoms with Crippen LogP contribution in [0.15, 0.2) is 24.3 Å². The largest absolute Gasteiger partial charge is 0.376 e. The van der Waals surface area contributed by atoms with Crippen molar-refractivity contribution in [2.75, 3.05) is 19.7 Å². The number of nitrogens with zero attached hydrogens (tertiary/aromatic N) is 1. The summed E-state index contributed by atoms with van der Waals surface area (Å²) in [6.07, 6.45) is 1.50. The number of nitrogens with one attached hydrogen (secondary N) is 1. The minimum Gasteiger partial charge on any atom is -0.376 e. The molecule has 2 aliphatic rings. The number of rotatable bonds is 2. The molecule has 1 N–H and O–H groups in total. The molecule has 19 heavy (non-hydrogen) atoms. The van der Waals surface area contributed by atoms with Crippen molar-refractivity contribution in [3.8, 4) is 0 Å². The fraction of sp³-hybridized carbons (Fsp3) is 0.625. The average molecular weight is 260 g/mol. The van der Waals surface area contributed by atoms with Crippen molar-refractivity contribution in [2.24, 2.45) is 0 Å². The van der Waals surface area contributed by atoms with Gasteiger partial charge in [0.1, 0.15) is 0 Å². The molecule has 0 radical (unpaired) electrons. The van der Waals surface area contributed by atoms with E-state index in [1.807, 2.05) is 0 Å². The summed E-state index contributed by atoms with van der Waals surface area (Å²) in [4.78, 5) is 2.65. The van der Waals surface area contributed by atoms with E-state index in [0.717, 1.165) is 32.7 Å². The van der Waals surface area contributed by atoms with Crippen LogP contribution < -0.4 is 5.32 Å². The molecule has 104 valence electrons. The zero-order valence-electron chi connectivity index (χ0n) is 11.9. The van der Waals surface area contributed by atoms with E-state index in [4.69, 9.17) is 4.74 Å². The highest BCUT2D eigenvalue weighted by Crippen LogP contribution is 2.31. The van der Waals surface area contributed by atoms with Crippen molar-refractivity contribution in [2.45, 2.75) is 45.0 Å². The highest BCUT2D eigenvalue weighted by Gasteiger charge is 2.33. The third kappa shape index (κ3) is 2.55. The van der Waals surface area contributed by atoms with Gasteiger partial charge in [-0.05, 0) is 24.5 Å². The Bertz CT molecular complexity index is 435. The summed E-state index contributed by atoms with van der Waals surface area (Å²) < 4.78 is 5.83. The predicted octanol–water partition coefficient (Wildman–Crippen LogP) is 2.33. The van der Waals surface area contributed by atoms with Crippen LogP contribution in [0.2, 0.25) is 0 Å². The van der Waals surface area contributed by atoms with Gasteiger partial charge in [-0.15, -0.1) is 0 Å². The lowest BCUT2D eigenvalue weighted by Crippen LogP contribution is -2.53. The lowest BCUT2D eigenvalue weighted by atomic mass is 9.93. The molecule has 1 saturated heterocycles. The van der Waals surface area contributed by atoms with Crippen molar-refractivity contribution in [1.82, 2.24) is 10.2 Å². The van der Waals surface area contributed by atoms with Crippen molar-refractivity contribution in [3.05, 3.63) is 35.4 Å². The molecular weight excluding hydrogens is 236 g/mol. The zero-order chi connectivity index (χ0) is 13.2. The first-order valence-electron chi connectivity index (χ1n) is 7.45. The van der Waals surface area contributed by atoms with E-state index in [-0.39, 0.29) is 0 Å². The van der Waals surface area contributed by atoms with Crippen LogP contribution >= 0.6 is 0 Å². The van der Waals surface area contributed by atoms with Crippen LogP contribution in [-0.2, 0) is 11.3 Å². The molecule has 3 heteroatoms. The van der Waals surface area contributed by atoms with Crippen molar-refractivity contribution >= 4 is 0 Å². The van der Waals surface area contributed by atoms with Crippen LogP contribution in [0.25, 0.3) is 0 Å². The Morgan fingerprint density at radius 3 is 3.05 bits per heavy atom. The van der Waals surface area contributed by atoms with Gasteiger partial charge in [-0.3, -0.25) is 4.90 Å². The minimum absolute atomic E-state index is 0.344. The van der Waals surface area contributed by atoms with Gasteiger partial charge in [0.05, 0.1) is 12.7 Å². The highest BCUT2D eigenvalue weighted by atomic mass is 16.5. The molecular formula is C16H24N2O. The maximum atomic E-state index is 5.83. The topological polar surface area (TPSA) is 24.5 Å². The Morgan fingerprint density at radius 2 is 2.21 bits per heavy atom. The zero-order valence-corrected chi connectivity index (χ0v) is 11.9. The van der Waals surface area contributed by atoms with E-state index in [1.165, 1.54) is 11.1 Å². The van der Waals surface area contributed by atoms with Gasteiger partial charge in [-0.25, -0.2) is 0 Å². The Hall–Kier alpha value is -0.900. The van der Waals surface area contributed by atoms with E-state index in [0.29, 0.717) is 18.2 Å². The minimum atomic E-state index is 0.344. The molecule has 3 unspecified atom stereocenters. The first kappa shape index (κ1) is 13.1. The van der Waals surface area contributed by atoms with Gasteiger partial charge in [0.2, 0.25) is 0 Å². The number of hydrogen-bond acceptors (Lipinski definition) is 3. The maximum Gasteiger partial charge on any atom is 0.0675 e. The monoisotopic (exact) mass is 260 g/mol. The Kier molecular flexibility index (Phi) is 3.87. The highest BCUT2D eigenvalue weighted by molar-refractivity contribution is 5.32. The summed E-state index contributed by atoms with van der Waals surface area (Å²) in [5.41, 5.74) is 2.96. The van der Waals surface area contributed by atoms with Crippen molar-refractivity contribution < 1.29 is 4.74 Å². The molecule has 1 fully saturated rings. The number of ether oxygens (including phenoxy) is 1. The second-order valence-corrected chi connectivity index (χ2v) is 5.75. The first-order chi connectivity index (χ1) is 9.29. The number of fused-ring (bicyclic) bond motifs is 1. The van der Waals surface area contributed by atoms with Gasteiger partial charge in [-0.2, -0.15) is 0 Å². The van der Waals surface area contributed by atoms with Gasteiger partial charge in [0, 0.05) is 31.7 Å². The fourth-order valence-corrected chi connectivity index (χ4v) is 3.37. The lowest BCUT2D eigenvalue weighted by Gasteiger charge is -2.45. The van der Waals surface area contributed by atoms with Crippen molar-refractivity contribution in [1.29, 1.82) is 0 Å². The van der Waals surface area contributed by atoms with Gasteiger partial charge in [-0.1, -0.05) is 31.2 Å². The van der Waals surface area contributed by atoms with Crippen molar-refractivity contribution in [3.63, 3.8) is 0 Å². The van der Waals surface area contributed by atoms with Crippen LogP contribution in [0.3, 0.4) is 0 Å². The third-order valence-corrected chi connectivity index (χ3v) is 4.45.